The standard InChI is InChI=1S/C32H22N2.C21H16N2/c33-29-18-16-24(20-30(29)34)23-15-17-27-28(19-23)32(22-11-5-2-6-12-22)26-14-8-7-13-25(26)31(27)21-9-3-1-4-10-21;22-17-9-7-15(8-10-17)18-11-12-19(16-4-3-13-23-14-16)21-6-2-1-5-20(18)21/h1-20,33-34H;1-14H,22H2. The Morgan fingerprint density at radius 1 is 0.386 bits per heavy atom. The summed E-state index contributed by atoms with van der Waals surface area (Å²) in [7, 11) is 0. The Hall–Kier alpha value is -7.69. The van der Waals surface area contributed by atoms with Crippen molar-refractivity contribution in [2.24, 2.45) is 0 Å². The maximum Gasteiger partial charge on any atom is 0.0795 e. The monoisotopic (exact) mass is 730 g/mol. The summed E-state index contributed by atoms with van der Waals surface area (Å²) in [4.78, 5) is 4.24. The van der Waals surface area contributed by atoms with E-state index in [-0.39, 0.29) is 11.4 Å². The first-order valence-corrected chi connectivity index (χ1v) is 19.0. The van der Waals surface area contributed by atoms with E-state index in [9.17, 15) is 0 Å². The molecule has 0 spiro atoms. The van der Waals surface area contributed by atoms with Crippen LogP contribution in [0.2, 0.25) is 0 Å². The highest BCUT2D eigenvalue weighted by Crippen LogP contribution is 2.44. The lowest BCUT2D eigenvalue weighted by atomic mass is 9.84. The number of anilines is 1. The van der Waals surface area contributed by atoms with E-state index in [4.69, 9.17) is 16.6 Å². The van der Waals surface area contributed by atoms with Gasteiger partial charge in [0.25, 0.3) is 0 Å². The van der Waals surface area contributed by atoms with E-state index in [1.807, 2.05) is 30.5 Å². The molecule has 10 rings (SSSR count). The molecule has 4 nitrogen and oxygen atoms in total. The van der Waals surface area contributed by atoms with Gasteiger partial charge in [-0.3, -0.25) is 15.8 Å². The zero-order valence-corrected chi connectivity index (χ0v) is 31.2. The van der Waals surface area contributed by atoms with E-state index in [1.54, 1.807) is 18.3 Å². The van der Waals surface area contributed by atoms with Crippen molar-refractivity contribution in [2.75, 3.05) is 5.73 Å². The average molecular weight is 731 g/mol. The molecule has 0 saturated heterocycles. The summed E-state index contributed by atoms with van der Waals surface area (Å²) in [5.41, 5.74) is 18.6. The summed E-state index contributed by atoms with van der Waals surface area (Å²) < 4.78 is 0. The van der Waals surface area contributed by atoms with Crippen LogP contribution in [0.1, 0.15) is 5.56 Å². The normalized spacial score (nSPS) is 12.4. The molecule has 4 N–H and O–H groups in total. The lowest BCUT2D eigenvalue weighted by Gasteiger charge is -2.19. The van der Waals surface area contributed by atoms with Crippen LogP contribution in [-0.4, -0.2) is 16.4 Å². The van der Waals surface area contributed by atoms with Crippen molar-refractivity contribution < 1.29 is 0 Å². The minimum Gasteiger partial charge on any atom is -0.399 e. The largest absolute Gasteiger partial charge is 0.399 e. The first kappa shape index (κ1) is 35.0. The van der Waals surface area contributed by atoms with Crippen molar-refractivity contribution in [1.29, 1.82) is 10.8 Å². The molecule has 0 bridgehead atoms. The fraction of sp³-hybridized carbons (Fsp3) is 0. The molecule has 9 aromatic rings. The summed E-state index contributed by atoms with van der Waals surface area (Å²) in [6.45, 7) is 0. The van der Waals surface area contributed by atoms with Crippen LogP contribution >= 0.6 is 0 Å². The highest BCUT2D eigenvalue weighted by Gasteiger charge is 2.18. The number of rotatable bonds is 5. The van der Waals surface area contributed by atoms with Crippen molar-refractivity contribution in [2.45, 2.75) is 0 Å². The summed E-state index contributed by atoms with van der Waals surface area (Å²) in [6.07, 6.45) is 9.13. The molecule has 1 heterocycles. The number of benzene rings is 8. The second-order valence-corrected chi connectivity index (χ2v) is 14.1. The molecule has 8 aromatic carbocycles. The molecule has 1 aliphatic rings. The molecule has 1 aromatic heterocycles. The number of nitrogens with zero attached hydrogens (tertiary/aromatic N) is 1. The third kappa shape index (κ3) is 6.81. The number of aromatic nitrogens is 1. The maximum absolute atomic E-state index is 8.12. The second-order valence-electron chi connectivity index (χ2n) is 14.1. The van der Waals surface area contributed by atoms with Gasteiger partial charge in [-0.2, -0.15) is 0 Å². The first-order chi connectivity index (χ1) is 28.0. The molecule has 0 radical (unpaired) electrons. The Morgan fingerprint density at radius 2 is 0.895 bits per heavy atom. The first-order valence-electron chi connectivity index (χ1n) is 19.0. The van der Waals surface area contributed by atoms with Crippen LogP contribution in [0, 0.1) is 10.8 Å². The highest BCUT2D eigenvalue weighted by atomic mass is 14.6. The van der Waals surface area contributed by atoms with Gasteiger partial charge in [0.05, 0.1) is 11.4 Å². The summed E-state index contributed by atoms with van der Waals surface area (Å²) in [5, 5.41) is 23.3. The third-order valence-corrected chi connectivity index (χ3v) is 10.6. The Labute approximate surface area is 332 Å². The molecule has 0 fully saturated rings. The van der Waals surface area contributed by atoms with Gasteiger partial charge < -0.3 is 5.73 Å². The Morgan fingerprint density at radius 3 is 1.47 bits per heavy atom. The van der Waals surface area contributed by atoms with E-state index in [0.29, 0.717) is 0 Å². The van der Waals surface area contributed by atoms with Crippen molar-refractivity contribution in [3.8, 4) is 44.5 Å². The zero-order chi connectivity index (χ0) is 38.7. The highest BCUT2D eigenvalue weighted by molar-refractivity contribution is 6.50. The van der Waals surface area contributed by atoms with Gasteiger partial charge in [-0.1, -0.05) is 158 Å². The van der Waals surface area contributed by atoms with Crippen molar-refractivity contribution in [1.82, 2.24) is 4.98 Å². The number of nitrogens with one attached hydrogen (secondary N) is 2. The number of nitrogens with two attached hydrogens (primary N) is 1. The van der Waals surface area contributed by atoms with Crippen LogP contribution < -0.4 is 5.73 Å². The molecule has 0 aliphatic heterocycles. The lowest BCUT2D eigenvalue weighted by molar-refractivity contribution is 1.33. The molecule has 270 valence electrons. The van der Waals surface area contributed by atoms with Crippen LogP contribution in [0.3, 0.4) is 0 Å². The predicted octanol–water partition coefficient (Wildman–Crippen LogP) is 13.5. The van der Waals surface area contributed by atoms with Gasteiger partial charge in [-0.25, -0.2) is 0 Å². The molecule has 0 atom stereocenters. The number of nitrogen functional groups attached to an aromatic ring is 1. The van der Waals surface area contributed by atoms with Gasteiger partial charge in [-0.15, -0.1) is 0 Å². The smallest absolute Gasteiger partial charge is 0.0795 e. The van der Waals surface area contributed by atoms with E-state index < -0.39 is 0 Å². The Balaban J connectivity index is 0.000000160. The van der Waals surface area contributed by atoms with E-state index >= 15 is 0 Å². The van der Waals surface area contributed by atoms with Crippen molar-refractivity contribution >= 4 is 55.0 Å². The molecule has 4 heteroatoms. The quantitative estimate of drug-likeness (QED) is 0.0935. The van der Waals surface area contributed by atoms with Gasteiger partial charge in [0.1, 0.15) is 0 Å². The SMILES string of the molecule is N=C1C=CC(c2ccc3c(-c4ccccc4)c4ccccc4c(-c4ccccc4)c3c2)=CC1=N.Nc1ccc(-c2ccc(-c3cccnc3)c3ccccc23)cc1. The second kappa shape index (κ2) is 15.2. The minimum atomic E-state index is 0.240. The van der Waals surface area contributed by atoms with Crippen LogP contribution in [0.4, 0.5) is 5.69 Å². The van der Waals surface area contributed by atoms with Gasteiger partial charge in [0.2, 0.25) is 0 Å². The summed E-state index contributed by atoms with van der Waals surface area (Å²) in [5.74, 6) is 0. The topological polar surface area (TPSA) is 86.6 Å². The molecular weight excluding hydrogens is 693 g/mol. The molecule has 0 saturated carbocycles. The van der Waals surface area contributed by atoms with Crippen LogP contribution in [-0.2, 0) is 0 Å². The molecule has 0 amide bonds. The van der Waals surface area contributed by atoms with Gasteiger partial charge in [-0.05, 0) is 119 Å². The number of pyridine rings is 1. The van der Waals surface area contributed by atoms with Gasteiger partial charge in [0, 0.05) is 23.6 Å². The lowest BCUT2D eigenvalue weighted by Crippen LogP contribution is -2.09. The number of allylic oxidation sites excluding steroid dienone is 4. The van der Waals surface area contributed by atoms with E-state index in [2.05, 4.69) is 163 Å². The van der Waals surface area contributed by atoms with Crippen molar-refractivity contribution in [3.05, 3.63) is 212 Å². The van der Waals surface area contributed by atoms with Crippen LogP contribution in [0.15, 0.2) is 207 Å². The Kier molecular flexibility index (Phi) is 9.35. The molecular formula is C53H38N4. The Bertz CT molecular complexity index is 3020. The van der Waals surface area contributed by atoms with Gasteiger partial charge >= 0.3 is 0 Å². The predicted molar refractivity (Wildman–Crippen MR) is 242 cm³/mol. The summed E-state index contributed by atoms with van der Waals surface area (Å²) >= 11 is 0. The fourth-order valence-electron chi connectivity index (χ4n) is 7.90. The van der Waals surface area contributed by atoms with Gasteiger partial charge in [0.15, 0.2) is 0 Å². The average Bonchev–Trinajstić information content (AvgIpc) is 3.27. The van der Waals surface area contributed by atoms with Crippen molar-refractivity contribution in [3.63, 3.8) is 0 Å². The van der Waals surface area contributed by atoms with Crippen LogP contribution in [0.25, 0.3) is 82.4 Å². The maximum atomic E-state index is 8.12. The minimum absolute atomic E-state index is 0.240. The number of hydrogen-bond donors (Lipinski definition) is 3. The van der Waals surface area contributed by atoms with Crippen LogP contribution in [0.5, 0.6) is 0 Å². The molecule has 57 heavy (non-hydrogen) atoms. The molecule has 1 aliphatic carbocycles. The number of hydrogen-bond acceptors (Lipinski definition) is 4. The zero-order valence-electron chi connectivity index (χ0n) is 31.2. The third-order valence-electron chi connectivity index (χ3n) is 10.6. The number of fused-ring (bicyclic) bond motifs is 3. The summed E-state index contributed by atoms with van der Waals surface area (Å²) in [6, 6.07) is 61.3. The van der Waals surface area contributed by atoms with E-state index in [0.717, 1.165) is 22.4 Å². The molecule has 0 unspecified atom stereocenters. The van der Waals surface area contributed by atoms with E-state index in [1.165, 1.54) is 71.3 Å². The fourth-order valence-corrected chi connectivity index (χ4v) is 7.90.